The average Bonchev–Trinajstić information content (AvgIpc) is 3.54. The summed E-state index contributed by atoms with van der Waals surface area (Å²) in [5.74, 6) is 1.94. The molecule has 0 N–H and O–H groups in total. The summed E-state index contributed by atoms with van der Waals surface area (Å²) in [6.07, 6.45) is 9.83. The molecular formula is C20H24N4O2. The van der Waals surface area contributed by atoms with Gasteiger partial charge in [-0.05, 0) is 43.4 Å². The quantitative estimate of drug-likeness (QED) is 0.828. The zero-order valence-electron chi connectivity index (χ0n) is 15.1. The standard InChI is InChI=1S/C20H24N4O2/c1-26-13-18(25)24-10-6-15(7-11-24)19-17(14-4-8-21-9-5-14)12-22-20(23-19)16-2-3-16/h4-5,8-9,12,15-16H,2-3,6-7,10-11,13H2,1H3. The minimum Gasteiger partial charge on any atom is -0.375 e. The zero-order chi connectivity index (χ0) is 17.9. The molecule has 6 heteroatoms. The molecule has 1 aliphatic heterocycles. The van der Waals surface area contributed by atoms with Gasteiger partial charge in [0.1, 0.15) is 12.4 Å². The number of aromatic nitrogens is 3. The SMILES string of the molecule is COCC(=O)N1CCC(c2nc(C3CC3)ncc2-c2ccncc2)CC1. The molecule has 0 radical (unpaired) electrons. The maximum atomic E-state index is 12.0. The molecule has 0 atom stereocenters. The monoisotopic (exact) mass is 352 g/mol. The van der Waals surface area contributed by atoms with Gasteiger partial charge in [-0.1, -0.05) is 0 Å². The number of likely N-dealkylation sites (tertiary alicyclic amines) is 1. The van der Waals surface area contributed by atoms with Crippen molar-refractivity contribution in [1.29, 1.82) is 0 Å². The van der Waals surface area contributed by atoms with Crippen LogP contribution in [0.4, 0.5) is 0 Å². The largest absolute Gasteiger partial charge is 0.375 e. The number of methoxy groups -OCH3 is 1. The zero-order valence-corrected chi connectivity index (χ0v) is 15.1. The van der Waals surface area contributed by atoms with Gasteiger partial charge in [-0.3, -0.25) is 9.78 Å². The number of hydrogen-bond acceptors (Lipinski definition) is 5. The second kappa shape index (κ2) is 7.50. The minimum absolute atomic E-state index is 0.0710. The molecule has 1 saturated heterocycles. The summed E-state index contributed by atoms with van der Waals surface area (Å²) >= 11 is 0. The lowest BCUT2D eigenvalue weighted by atomic mass is 9.89. The Morgan fingerprint density at radius 2 is 1.88 bits per heavy atom. The van der Waals surface area contributed by atoms with Crippen molar-refractivity contribution in [3.05, 3.63) is 42.2 Å². The summed E-state index contributed by atoms with van der Waals surface area (Å²) in [6, 6.07) is 4.02. The first kappa shape index (κ1) is 17.1. The van der Waals surface area contributed by atoms with Crippen molar-refractivity contribution in [2.45, 2.75) is 37.5 Å². The van der Waals surface area contributed by atoms with Gasteiger partial charge in [0.2, 0.25) is 5.91 Å². The molecule has 3 heterocycles. The molecule has 2 aromatic heterocycles. The van der Waals surface area contributed by atoms with Gasteiger partial charge < -0.3 is 9.64 Å². The Kier molecular flexibility index (Phi) is 4.93. The normalized spacial score (nSPS) is 18.1. The maximum Gasteiger partial charge on any atom is 0.248 e. The highest BCUT2D eigenvalue weighted by atomic mass is 16.5. The van der Waals surface area contributed by atoms with E-state index in [1.807, 2.05) is 23.2 Å². The van der Waals surface area contributed by atoms with Crippen LogP contribution in [0.5, 0.6) is 0 Å². The van der Waals surface area contributed by atoms with Gasteiger partial charge in [-0.25, -0.2) is 9.97 Å². The Labute approximate surface area is 153 Å². The van der Waals surface area contributed by atoms with Crippen LogP contribution in [-0.2, 0) is 9.53 Å². The Bertz CT molecular complexity index is 769. The fourth-order valence-corrected chi connectivity index (χ4v) is 3.63. The first-order chi connectivity index (χ1) is 12.8. The van der Waals surface area contributed by atoms with E-state index < -0.39 is 0 Å². The predicted molar refractivity (Wildman–Crippen MR) is 97.7 cm³/mol. The number of hydrogen-bond donors (Lipinski definition) is 0. The second-order valence-corrected chi connectivity index (χ2v) is 7.13. The molecule has 2 aromatic rings. The van der Waals surface area contributed by atoms with Crippen molar-refractivity contribution in [1.82, 2.24) is 19.9 Å². The molecular weight excluding hydrogens is 328 g/mol. The maximum absolute atomic E-state index is 12.0. The van der Waals surface area contributed by atoms with Crippen molar-refractivity contribution >= 4 is 5.91 Å². The van der Waals surface area contributed by atoms with Gasteiger partial charge in [-0.15, -0.1) is 0 Å². The van der Waals surface area contributed by atoms with Gasteiger partial charge in [-0.2, -0.15) is 0 Å². The van der Waals surface area contributed by atoms with Crippen molar-refractivity contribution in [3.8, 4) is 11.1 Å². The molecule has 0 aromatic carbocycles. The highest BCUT2D eigenvalue weighted by Crippen LogP contribution is 2.40. The Balaban J connectivity index is 1.59. The summed E-state index contributed by atoms with van der Waals surface area (Å²) in [5, 5.41) is 0. The van der Waals surface area contributed by atoms with E-state index in [0.717, 1.165) is 48.6 Å². The van der Waals surface area contributed by atoms with Crippen molar-refractivity contribution < 1.29 is 9.53 Å². The lowest BCUT2D eigenvalue weighted by molar-refractivity contribution is -0.136. The average molecular weight is 352 g/mol. The van der Waals surface area contributed by atoms with Crippen LogP contribution in [0.1, 0.15) is 49.0 Å². The number of pyridine rings is 1. The van der Waals surface area contributed by atoms with Crippen LogP contribution in [0.25, 0.3) is 11.1 Å². The van der Waals surface area contributed by atoms with Crippen molar-refractivity contribution in [2.24, 2.45) is 0 Å². The molecule has 0 bridgehead atoms. The van der Waals surface area contributed by atoms with E-state index in [4.69, 9.17) is 9.72 Å². The molecule has 4 rings (SSSR count). The lowest BCUT2D eigenvalue weighted by Gasteiger charge is -2.32. The van der Waals surface area contributed by atoms with Gasteiger partial charge in [0.15, 0.2) is 0 Å². The van der Waals surface area contributed by atoms with E-state index in [-0.39, 0.29) is 12.5 Å². The van der Waals surface area contributed by atoms with Gasteiger partial charge >= 0.3 is 0 Å². The molecule has 1 saturated carbocycles. The Morgan fingerprint density at radius 3 is 2.54 bits per heavy atom. The fourth-order valence-electron chi connectivity index (χ4n) is 3.63. The number of carbonyl (C=O) groups is 1. The first-order valence-electron chi connectivity index (χ1n) is 9.30. The van der Waals surface area contributed by atoms with Crippen LogP contribution in [0.2, 0.25) is 0 Å². The van der Waals surface area contributed by atoms with Crippen LogP contribution in [0, 0.1) is 0 Å². The van der Waals surface area contributed by atoms with E-state index in [1.165, 1.54) is 12.8 Å². The predicted octanol–water partition coefficient (Wildman–Crippen LogP) is 2.77. The summed E-state index contributed by atoms with van der Waals surface area (Å²) in [4.78, 5) is 27.7. The van der Waals surface area contributed by atoms with E-state index in [1.54, 1.807) is 19.5 Å². The summed E-state index contributed by atoms with van der Waals surface area (Å²) < 4.78 is 4.98. The minimum atomic E-state index is 0.0710. The van der Waals surface area contributed by atoms with Crippen LogP contribution in [0.3, 0.4) is 0 Å². The third kappa shape index (κ3) is 3.60. The summed E-state index contributed by atoms with van der Waals surface area (Å²) in [6.45, 7) is 1.67. The van der Waals surface area contributed by atoms with Gasteiger partial charge in [0.25, 0.3) is 0 Å². The number of rotatable bonds is 5. The van der Waals surface area contributed by atoms with Gasteiger partial charge in [0, 0.05) is 56.2 Å². The first-order valence-corrected chi connectivity index (χ1v) is 9.30. The molecule has 136 valence electrons. The van der Waals surface area contributed by atoms with Gasteiger partial charge in [0.05, 0.1) is 5.69 Å². The number of amides is 1. The number of ether oxygens (including phenoxy) is 1. The Morgan fingerprint density at radius 1 is 1.15 bits per heavy atom. The van der Waals surface area contributed by atoms with Crippen LogP contribution < -0.4 is 0 Å². The molecule has 6 nitrogen and oxygen atoms in total. The summed E-state index contributed by atoms with van der Waals surface area (Å²) in [7, 11) is 1.56. The molecule has 0 unspecified atom stereocenters. The lowest BCUT2D eigenvalue weighted by Crippen LogP contribution is -2.40. The van der Waals surface area contributed by atoms with Crippen LogP contribution in [0.15, 0.2) is 30.7 Å². The smallest absolute Gasteiger partial charge is 0.248 e. The van der Waals surface area contributed by atoms with Crippen molar-refractivity contribution in [2.75, 3.05) is 26.8 Å². The van der Waals surface area contributed by atoms with Crippen LogP contribution in [-0.4, -0.2) is 52.6 Å². The summed E-state index contributed by atoms with van der Waals surface area (Å²) in [5.41, 5.74) is 3.33. The highest BCUT2D eigenvalue weighted by molar-refractivity contribution is 5.77. The van der Waals surface area contributed by atoms with E-state index in [0.29, 0.717) is 11.8 Å². The molecule has 26 heavy (non-hydrogen) atoms. The molecule has 2 fully saturated rings. The van der Waals surface area contributed by atoms with E-state index in [2.05, 4.69) is 9.97 Å². The topological polar surface area (TPSA) is 68.2 Å². The van der Waals surface area contributed by atoms with E-state index >= 15 is 0 Å². The van der Waals surface area contributed by atoms with E-state index in [9.17, 15) is 4.79 Å². The number of nitrogens with zero attached hydrogens (tertiary/aromatic N) is 4. The Hall–Kier alpha value is -2.34. The fraction of sp³-hybridized carbons (Fsp3) is 0.500. The molecule has 1 amide bonds. The number of carbonyl (C=O) groups excluding carboxylic acids is 1. The molecule has 2 aliphatic rings. The molecule has 1 aliphatic carbocycles. The number of piperidine rings is 1. The third-order valence-corrected chi connectivity index (χ3v) is 5.27. The van der Waals surface area contributed by atoms with Crippen molar-refractivity contribution in [3.63, 3.8) is 0 Å². The molecule has 0 spiro atoms. The second-order valence-electron chi connectivity index (χ2n) is 7.13. The van der Waals surface area contributed by atoms with Crippen LogP contribution >= 0.6 is 0 Å². The highest BCUT2D eigenvalue weighted by Gasteiger charge is 2.30. The third-order valence-electron chi connectivity index (χ3n) is 5.27.